The second-order valence-electron chi connectivity index (χ2n) is 5.42. The fraction of sp³-hybridized carbons (Fsp3) is 0.316. The van der Waals surface area contributed by atoms with Crippen LogP contribution in [0.2, 0.25) is 0 Å². The van der Waals surface area contributed by atoms with Crippen LogP contribution in [-0.2, 0) is 11.2 Å². The minimum absolute atomic E-state index is 0.0867. The number of aryl methyl sites for hydroxylation is 3. The van der Waals surface area contributed by atoms with Gasteiger partial charge < -0.3 is 5.32 Å². The summed E-state index contributed by atoms with van der Waals surface area (Å²) in [6.07, 6.45) is 1.45. The van der Waals surface area contributed by atoms with Gasteiger partial charge >= 0.3 is 0 Å². The molecule has 0 aliphatic carbocycles. The molecule has 2 aromatic carbocycles. The molecule has 0 heterocycles. The van der Waals surface area contributed by atoms with Crippen molar-refractivity contribution in [2.24, 2.45) is 0 Å². The molecule has 0 saturated heterocycles. The van der Waals surface area contributed by atoms with Gasteiger partial charge in [-0.1, -0.05) is 42.8 Å². The molecule has 1 N–H and O–H groups in total. The molecule has 2 nitrogen and oxygen atoms in total. The molecule has 0 aliphatic heterocycles. The quantitative estimate of drug-likeness (QED) is 0.761. The van der Waals surface area contributed by atoms with Crippen molar-refractivity contribution >= 4 is 23.4 Å². The summed E-state index contributed by atoms with van der Waals surface area (Å²) in [6.45, 7) is 6.23. The van der Waals surface area contributed by atoms with Gasteiger partial charge in [-0.15, -0.1) is 11.8 Å². The maximum absolute atomic E-state index is 12.2. The Hall–Kier alpha value is -1.74. The van der Waals surface area contributed by atoms with E-state index >= 15 is 0 Å². The molecule has 116 valence electrons. The summed E-state index contributed by atoms with van der Waals surface area (Å²) in [6, 6.07) is 14.6. The second kappa shape index (κ2) is 8.04. The Morgan fingerprint density at radius 3 is 2.50 bits per heavy atom. The van der Waals surface area contributed by atoms with E-state index in [-0.39, 0.29) is 5.91 Å². The topological polar surface area (TPSA) is 29.1 Å². The summed E-state index contributed by atoms with van der Waals surface area (Å²) in [5.41, 5.74) is 4.56. The Morgan fingerprint density at radius 1 is 1.09 bits per heavy atom. The van der Waals surface area contributed by atoms with Crippen molar-refractivity contribution in [3.8, 4) is 0 Å². The molecule has 2 aromatic rings. The predicted molar refractivity (Wildman–Crippen MR) is 95.7 cm³/mol. The zero-order chi connectivity index (χ0) is 15.9. The Bertz CT molecular complexity index is 634. The van der Waals surface area contributed by atoms with Gasteiger partial charge in [0.25, 0.3) is 0 Å². The van der Waals surface area contributed by atoms with E-state index in [1.54, 1.807) is 11.8 Å². The highest BCUT2D eigenvalue weighted by atomic mass is 32.2. The van der Waals surface area contributed by atoms with Gasteiger partial charge in [-0.25, -0.2) is 0 Å². The zero-order valence-corrected chi connectivity index (χ0v) is 14.3. The molecule has 0 spiro atoms. The second-order valence-corrected chi connectivity index (χ2v) is 6.59. The molecule has 1 amide bonds. The number of nitrogens with one attached hydrogen (secondary N) is 1. The lowest BCUT2D eigenvalue weighted by atomic mass is 10.1. The molecule has 0 radical (unpaired) electrons. The number of benzene rings is 2. The van der Waals surface area contributed by atoms with Crippen molar-refractivity contribution in [2.75, 3.05) is 11.1 Å². The van der Waals surface area contributed by atoms with E-state index in [4.69, 9.17) is 0 Å². The zero-order valence-electron chi connectivity index (χ0n) is 13.5. The maximum atomic E-state index is 12.2. The average Bonchev–Trinajstić information content (AvgIpc) is 2.51. The van der Waals surface area contributed by atoms with Gasteiger partial charge in [0.05, 0.1) is 0 Å². The summed E-state index contributed by atoms with van der Waals surface area (Å²) in [5.74, 6) is 0.881. The van der Waals surface area contributed by atoms with Crippen LogP contribution in [0.15, 0.2) is 47.4 Å². The third-order valence-corrected chi connectivity index (χ3v) is 4.64. The first-order valence-corrected chi connectivity index (χ1v) is 8.66. The van der Waals surface area contributed by atoms with Crippen LogP contribution in [0.4, 0.5) is 5.69 Å². The van der Waals surface area contributed by atoms with Crippen LogP contribution >= 0.6 is 11.8 Å². The van der Waals surface area contributed by atoms with Crippen molar-refractivity contribution in [2.45, 2.75) is 38.5 Å². The standard InChI is InChI=1S/C19H23NOS/c1-4-16-7-5-6-15(3)19(16)20-18(21)12-13-22-17-10-8-14(2)9-11-17/h5-11H,4,12-13H2,1-3H3,(H,20,21). The van der Waals surface area contributed by atoms with E-state index in [1.807, 2.05) is 19.1 Å². The maximum Gasteiger partial charge on any atom is 0.225 e. The highest BCUT2D eigenvalue weighted by Crippen LogP contribution is 2.22. The molecule has 22 heavy (non-hydrogen) atoms. The summed E-state index contributed by atoms with van der Waals surface area (Å²) in [7, 11) is 0. The average molecular weight is 313 g/mol. The number of rotatable bonds is 6. The van der Waals surface area contributed by atoms with Crippen molar-refractivity contribution in [1.82, 2.24) is 0 Å². The number of amides is 1. The van der Waals surface area contributed by atoms with Gasteiger partial charge in [-0.05, 0) is 43.5 Å². The predicted octanol–water partition coefficient (Wildman–Crippen LogP) is 4.99. The van der Waals surface area contributed by atoms with Crippen LogP contribution in [0, 0.1) is 13.8 Å². The Balaban J connectivity index is 1.87. The van der Waals surface area contributed by atoms with Crippen LogP contribution in [-0.4, -0.2) is 11.7 Å². The number of hydrogen-bond donors (Lipinski definition) is 1. The van der Waals surface area contributed by atoms with Gasteiger partial charge in [-0.2, -0.15) is 0 Å². The van der Waals surface area contributed by atoms with E-state index in [2.05, 4.69) is 49.5 Å². The molecule has 0 fully saturated rings. The normalized spacial score (nSPS) is 10.5. The highest BCUT2D eigenvalue weighted by molar-refractivity contribution is 7.99. The Kier molecular flexibility index (Phi) is 6.08. The highest BCUT2D eigenvalue weighted by Gasteiger charge is 2.08. The van der Waals surface area contributed by atoms with E-state index in [0.29, 0.717) is 6.42 Å². The van der Waals surface area contributed by atoms with Crippen LogP contribution in [0.3, 0.4) is 0 Å². The number of hydrogen-bond acceptors (Lipinski definition) is 2. The molecule has 0 atom stereocenters. The van der Waals surface area contributed by atoms with E-state index in [9.17, 15) is 4.79 Å². The third kappa shape index (κ3) is 4.63. The molecule has 2 rings (SSSR count). The summed E-state index contributed by atoms with van der Waals surface area (Å²) >= 11 is 1.72. The molecule has 0 saturated carbocycles. The fourth-order valence-corrected chi connectivity index (χ4v) is 3.15. The van der Waals surface area contributed by atoms with Gasteiger partial charge in [0, 0.05) is 22.8 Å². The van der Waals surface area contributed by atoms with Gasteiger partial charge in [0.2, 0.25) is 5.91 Å². The van der Waals surface area contributed by atoms with E-state index < -0.39 is 0 Å². The molecule has 0 bridgehead atoms. The summed E-state index contributed by atoms with van der Waals surface area (Å²) < 4.78 is 0. The smallest absolute Gasteiger partial charge is 0.225 e. The molecule has 0 unspecified atom stereocenters. The lowest BCUT2D eigenvalue weighted by molar-refractivity contribution is -0.115. The van der Waals surface area contributed by atoms with E-state index in [1.165, 1.54) is 16.0 Å². The Labute approximate surface area is 137 Å². The number of para-hydroxylation sites is 1. The number of thioether (sulfide) groups is 1. The fourth-order valence-electron chi connectivity index (χ4n) is 2.30. The van der Waals surface area contributed by atoms with Gasteiger partial charge in [0.1, 0.15) is 0 Å². The van der Waals surface area contributed by atoms with E-state index in [0.717, 1.165) is 23.4 Å². The first kappa shape index (κ1) is 16.6. The number of anilines is 1. The van der Waals surface area contributed by atoms with Crippen molar-refractivity contribution in [3.63, 3.8) is 0 Å². The molecule has 0 aliphatic rings. The SMILES string of the molecule is CCc1cccc(C)c1NC(=O)CCSc1ccc(C)cc1. The lowest BCUT2D eigenvalue weighted by Crippen LogP contribution is -2.14. The van der Waals surface area contributed by atoms with Crippen molar-refractivity contribution < 1.29 is 4.79 Å². The van der Waals surface area contributed by atoms with Gasteiger partial charge in [0.15, 0.2) is 0 Å². The third-order valence-electron chi connectivity index (χ3n) is 3.62. The van der Waals surface area contributed by atoms with Crippen molar-refractivity contribution in [3.05, 3.63) is 59.2 Å². The molecule has 3 heteroatoms. The first-order valence-electron chi connectivity index (χ1n) is 7.68. The molecular formula is C19H23NOS. The largest absolute Gasteiger partial charge is 0.326 e. The minimum Gasteiger partial charge on any atom is -0.326 e. The van der Waals surface area contributed by atoms with Crippen LogP contribution < -0.4 is 5.32 Å². The monoisotopic (exact) mass is 313 g/mol. The van der Waals surface area contributed by atoms with Crippen LogP contribution in [0.25, 0.3) is 0 Å². The number of carbonyl (C=O) groups excluding carboxylic acids is 1. The van der Waals surface area contributed by atoms with Crippen molar-refractivity contribution in [1.29, 1.82) is 0 Å². The Morgan fingerprint density at radius 2 is 1.82 bits per heavy atom. The molecular weight excluding hydrogens is 290 g/mol. The molecule has 0 aromatic heterocycles. The lowest BCUT2D eigenvalue weighted by Gasteiger charge is -2.12. The summed E-state index contributed by atoms with van der Waals surface area (Å²) in [5, 5.41) is 3.07. The van der Waals surface area contributed by atoms with Gasteiger partial charge in [-0.3, -0.25) is 4.79 Å². The van der Waals surface area contributed by atoms with Crippen LogP contribution in [0.1, 0.15) is 30.0 Å². The first-order chi connectivity index (χ1) is 10.6. The van der Waals surface area contributed by atoms with Crippen LogP contribution in [0.5, 0.6) is 0 Å². The minimum atomic E-state index is 0.0867. The summed E-state index contributed by atoms with van der Waals surface area (Å²) in [4.78, 5) is 13.4. The number of carbonyl (C=O) groups is 1.